The first kappa shape index (κ1) is 26.4. The number of halogens is 2. The van der Waals surface area contributed by atoms with Gasteiger partial charge in [-0.1, -0.05) is 74.0 Å². The Labute approximate surface area is 221 Å². The number of rotatable bonds is 9. The van der Waals surface area contributed by atoms with E-state index >= 15 is 4.39 Å². The van der Waals surface area contributed by atoms with Gasteiger partial charge < -0.3 is 15.2 Å². The highest BCUT2D eigenvalue weighted by Gasteiger charge is 2.41. The molecule has 5 nitrogen and oxygen atoms in total. The quantitative estimate of drug-likeness (QED) is 0.247. The van der Waals surface area contributed by atoms with E-state index in [1.54, 1.807) is 19.2 Å². The Morgan fingerprint density at radius 1 is 1.08 bits per heavy atom. The SMILES string of the molecule is CC(C)CC(C)(OC(N)=O)C(Cc1ccccc1)Oc1c(F)cc(-c2ccnc3ccccc23)cc1Cl. The number of nitrogens with two attached hydrogens (primary N) is 1. The normalized spacial score (nSPS) is 13.8. The number of carbonyl (C=O) groups excluding carboxylic acids is 1. The lowest BCUT2D eigenvalue weighted by Crippen LogP contribution is -2.50. The number of ether oxygens (including phenoxy) is 2. The molecule has 2 unspecified atom stereocenters. The molecule has 0 aliphatic heterocycles. The summed E-state index contributed by atoms with van der Waals surface area (Å²) in [5.74, 6) is -0.575. The molecule has 0 aliphatic carbocycles. The van der Waals surface area contributed by atoms with E-state index in [1.165, 1.54) is 6.07 Å². The minimum absolute atomic E-state index is 0.104. The zero-order valence-corrected chi connectivity index (χ0v) is 21.8. The largest absolute Gasteiger partial charge is 0.481 e. The monoisotopic (exact) mass is 520 g/mol. The molecule has 192 valence electrons. The lowest BCUT2D eigenvalue weighted by Gasteiger charge is -2.38. The van der Waals surface area contributed by atoms with Crippen LogP contribution in [0.15, 0.2) is 79.0 Å². The maximum absolute atomic E-state index is 15.7. The third-order valence-corrected chi connectivity index (χ3v) is 6.59. The van der Waals surface area contributed by atoms with Crippen molar-refractivity contribution in [2.75, 3.05) is 0 Å². The Hall–Kier alpha value is -3.64. The van der Waals surface area contributed by atoms with Crippen molar-refractivity contribution in [3.8, 4) is 16.9 Å². The first-order valence-corrected chi connectivity index (χ1v) is 12.6. The van der Waals surface area contributed by atoms with E-state index < -0.39 is 23.6 Å². The number of fused-ring (bicyclic) bond motifs is 1. The molecule has 1 aromatic heterocycles. The summed E-state index contributed by atoms with van der Waals surface area (Å²) in [5, 5.41) is 0.996. The summed E-state index contributed by atoms with van der Waals surface area (Å²) in [6.07, 6.45) is 0.806. The summed E-state index contributed by atoms with van der Waals surface area (Å²) in [5.41, 5.74) is 7.46. The molecule has 1 amide bonds. The van der Waals surface area contributed by atoms with Crippen LogP contribution in [0.4, 0.5) is 9.18 Å². The fourth-order valence-electron chi connectivity index (χ4n) is 4.81. The van der Waals surface area contributed by atoms with Crippen LogP contribution in [-0.2, 0) is 11.2 Å². The molecule has 0 aliphatic rings. The second-order valence-electron chi connectivity index (χ2n) is 9.77. The lowest BCUT2D eigenvalue weighted by molar-refractivity contribution is -0.0676. The number of hydrogen-bond acceptors (Lipinski definition) is 4. The van der Waals surface area contributed by atoms with Crippen LogP contribution in [0.5, 0.6) is 5.75 Å². The van der Waals surface area contributed by atoms with Crippen LogP contribution in [0.25, 0.3) is 22.0 Å². The standard InChI is InChI=1S/C30H30ClFN2O3/c1-19(2)18-30(3,37-29(33)35)27(15-20-9-5-4-6-10-20)36-28-24(31)16-21(17-25(28)32)22-13-14-34-26-12-8-7-11-23(22)26/h4-14,16-17,19,27H,15,18H2,1-3H3,(H2,33,35). The third-order valence-electron chi connectivity index (χ3n) is 6.31. The Balaban J connectivity index is 1.75. The maximum atomic E-state index is 15.7. The van der Waals surface area contributed by atoms with E-state index in [-0.39, 0.29) is 16.7 Å². The maximum Gasteiger partial charge on any atom is 0.405 e. The van der Waals surface area contributed by atoms with E-state index in [2.05, 4.69) is 4.98 Å². The summed E-state index contributed by atoms with van der Waals surface area (Å²) in [6, 6.07) is 22.1. The fourth-order valence-corrected chi connectivity index (χ4v) is 5.06. The van der Waals surface area contributed by atoms with Gasteiger partial charge in [-0.05, 0) is 60.2 Å². The summed E-state index contributed by atoms with van der Waals surface area (Å²) >= 11 is 6.63. The van der Waals surface area contributed by atoms with Crippen molar-refractivity contribution >= 4 is 28.6 Å². The van der Waals surface area contributed by atoms with Crippen LogP contribution in [-0.4, -0.2) is 22.8 Å². The van der Waals surface area contributed by atoms with Gasteiger partial charge in [0.1, 0.15) is 11.7 Å². The van der Waals surface area contributed by atoms with Crippen molar-refractivity contribution in [1.29, 1.82) is 0 Å². The van der Waals surface area contributed by atoms with Crippen LogP contribution in [0.2, 0.25) is 5.02 Å². The van der Waals surface area contributed by atoms with Crippen LogP contribution in [0, 0.1) is 11.7 Å². The molecule has 4 aromatic rings. The number of pyridine rings is 1. The van der Waals surface area contributed by atoms with E-state index in [0.29, 0.717) is 18.4 Å². The highest BCUT2D eigenvalue weighted by Crippen LogP contribution is 2.39. The van der Waals surface area contributed by atoms with Crippen molar-refractivity contribution in [1.82, 2.24) is 4.98 Å². The molecule has 0 fully saturated rings. The molecule has 2 atom stereocenters. The number of carbonyl (C=O) groups is 1. The number of amides is 1. The number of aromatic nitrogens is 1. The van der Waals surface area contributed by atoms with Gasteiger partial charge in [0, 0.05) is 18.0 Å². The van der Waals surface area contributed by atoms with Crippen molar-refractivity contribution < 1.29 is 18.7 Å². The number of hydrogen-bond donors (Lipinski definition) is 1. The van der Waals surface area contributed by atoms with E-state index in [4.69, 9.17) is 26.8 Å². The minimum atomic E-state index is -1.13. The second kappa shape index (κ2) is 11.2. The average molecular weight is 521 g/mol. The highest BCUT2D eigenvalue weighted by atomic mass is 35.5. The van der Waals surface area contributed by atoms with Crippen molar-refractivity contribution in [3.05, 3.63) is 95.4 Å². The van der Waals surface area contributed by atoms with Crippen molar-refractivity contribution in [2.45, 2.75) is 45.3 Å². The molecule has 37 heavy (non-hydrogen) atoms. The Kier molecular flexibility index (Phi) is 7.98. The molecular weight excluding hydrogens is 491 g/mol. The highest BCUT2D eigenvalue weighted by molar-refractivity contribution is 6.32. The zero-order valence-electron chi connectivity index (χ0n) is 21.1. The van der Waals surface area contributed by atoms with Gasteiger partial charge in [0.2, 0.25) is 0 Å². The van der Waals surface area contributed by atoms with Gasteiger partial charge >= 0.3 is 6.09 Å². The smallest absolute Gasteiger partial charge is 0.405 e. The molecule has 7 heteroatoms. The number of nitrogens with zero attached hydrogens (tertiary/aromatic N) is 1. The topological polar surface area (TPSA) is 74.4 Å². The number of primary amides is 1. The molecule has 2 N–H and O–H groups in total. The predicted octanol–water partition coefficient (Wildman–Crippen LogP) is 7.58. The van der Waals surface area contributed by atoms with Gasteiger partial charge in [-0.25, -0.2) is 9.18 Å². The van der Waals surface area contributed by atoms with Crippen LogP contribution < -0.4 is 10.5 Å². The van der Waals surface area contributed by atoms with E-state index in [9.17, 15) is 4.79 Å². The van der Waals surface area contributed by atoms with E-state index in [1.807, 2.05) is 74.5 Å². The molecule has 0 spiro atoms. The van der Waals surface area contributed by atoms with Crippen molar-refractivity contribution in [3.63, 3.8) is 0 Å². The molecular formula is C30H30ClFN2O3. The second-order valence-corrected chi connectivity index (χ2v) is 10.2. The van der Waals surface area contributed by atoms with Gasteiger partial charge in [0.05, 0.1) is 10.5 Å². The van der Waals surface area contributed by atoms with Crippen LogP contribution >= 0.6 is 11.6 Å². The average Bonchev–Trinajstić information content (AvgIpc) is 2.84. The summed E-state index contributed by atoms with van der Waals surface area (Å²) in [4.78, 5) is 16.3. The van der Waals surface area contributed by atoms with Crippen LogP contribution in [0.1, 0.15) is 32.8 Å². The zero-order chi connectivity index (χ0) is 26.6. The van der Waals surface area contributed by atoms with Gasteiger partial charge in [-0.15, -0.1) is 0 Å². The molecule has 0 radical (unpaired) electrons. The molecule has 0 saturated heterocycles. The molecule has 4 rings (SSSR count). The Bertz CT molecular complexity index is 1370. The minimum Gasteiger partial charge on any atom is -0.481 e. The molecule has 0 bridgehead atoms. The summed E-state index contributed by atoms with van der Waals surface area (Å²) < 4.78 is 27.5. The molecule has 3 aromatic carbocycles. The molecule has 1 heterocycles. The van der Waals surface area contributed by atoms with Crippen LogP contribution in [0.3, 0.4) is 0 Å². The van der Waals surface area contributed by atoms with Gasteiger partial charge in [-0.2, -0.15) is 0 Å². The third kappa shape index (κ3) is 6.20. The lowest BCUT2D eigenvalue weighted by atomic mass is 9.85. The Morgan fingerprint density at radius 3 is 2.46 bits per heavy atom. The van der Waals surface area contributed by atoms with Gasteiger partial charge in [0.15, 0.2) is 11.6 Å². The fraction of sp³-hybridized carbons (Fsp3) is 0.267. The summed E-state index contributed by atoms with van der Waals surface area (Å²) in [7, 11) is 0. The first-order valence-electron chi connectivity index (χ1n) is 12.2. The number of benzene rings is 3. The van der Waals surface area contributed by atoms with Gasteiger partial charge in [-0.3, -0.25) is 4.98 Å². The number of para-hydroxylation sites is 1. The first-order chi connectivity index (χ1) is 17.7. The predicted molar refractivity (Wildman–Crippen MR) is 145 cm³/mol. The van der Waals surface area contributed by atoms with Gasteiger partial charge in [0.25, 0.3) is 0 Å². The molecule has 0 saturated carbocycles. The van der Waals surface area contributed by atoms with E-state index in [0.717, 1.165) is 22.0 Å². The summed E-state index contributed by atoms with van der Waals surface area (Å²) in [6.45, 7) is 5.77. The van der Waals surface area contributed by atoms with Crippen molar-refractivity contribution in [2.24, 2.45) is 11.7 Å². The Morgan fingerprint density at radius 2 is 1.78 bits per heavy atom.